The maximum Gasteiger partial charge on any atom is 0.418 e. The smallest absolute Gasteiger partial charge is 0.343 e. The Morgan fingerprint density at radius 1 is 1.15 bits per heavy atom. The molecule has 0 spiro atoms. The molecule has 1 N–H and O–H groups in total. The molecule has 0 fully saturated rings. The fourth-order valence-electron chi connectivity index (χ4n) is 2.13. The van der Waals surface area contributed by atoms with Crippen molar-refractivity contribution >= 4 is 50.3 Å². The molecule has 0 radical (unpaired) electrons. The van der Waals surface area contributed by atoms with Gasteiger partial charge in [0.15, 0.2) is 5.69 Å². The Hall–Kier alpha value is -2.40. The third-order valence-corrected chi connectivity index (χ3v) is 4.33. The van der Waals surface area contributed by atoms with Crippen LogP contribution in [0.15, 0.2) is 28.7 Å². The highest BCUT2D eigenvalue weighted by molar-refractivity contribution is 9.10. The summed E-state index contributed by atoms with van der Waals surface area (Å²) < 4.78 is 39.5. The Labute approximate surface area is 157 Å². The minimum Gasteiger partial charge on any atom is -0.343 e. The topological polar surface area (TPSA) is 98.3 Å². The molecule has 138 valence electrons. The van der Waals surface area contributed by atoms with Gasteiger partial charge in [-0.05, 0) is 40.5 Å². The molecule has 26 heavy (non-hydrogen) atoms. The fourth-order valence-corrected chi connectivity index (χ4v) is 3.05. The van der Waals surface area contributed by atoms with E-state index < -0.39 is 43.7 Å². The van der Waals surface area contributed by atoms with E-state index >= 15 is 0 Å². The average Bonchev–Trinajstić information content (AvgIpc) is 2.48. The van der Waals surface area contributed by atoms with Crippen LogP contribution in [0.3, 0.4) is 0 Å². The van der Waals surface area contributed by atoms with Crippen LogP contribution in [0.2, 0.25) is 5.02 Å². The normalized spacial score (nSPS) is 11.3. The van der Waals surface area contributed by atoms with Crippen LogP contribution in [0.5, 0.6) is 0 Å². The highest BCUT2D eigenvalue weighted by atomic mass is 79.9. The maximum atomic E-state index is 13.0. The number of hydrogen-bond donors (Lipinski definition) is 1. The number of nitrogens with one attached hydrogen (secondary N) is 1. The van der Waals surface area contributed by atoms with Gasteiger partial charge in [-0.2, -0.15) is 13.2 Å². The molecule has 0 aliphatic carbocycles. The number of nitrogens with zero attached hydrogens (tertiary/aromatic N) is 2. The lowest BCUT2D eigenvalue weighted by atomic mass is 10.1. The van der Waals surface area contributed by atoms with E-state index in [0.29, 0.717) is 4.47 Å². The summed E-state index contributed by atoms with van der Waals surface area (Å²) in [5.41, 5.74) is -3.77. The van der Waals surface area contributed by atoms with Gasteiger partial charge in [-0.25, -0.2) is 0 Å². The predicted molar refractivity (Wildman–Crippen MR) is 91.9 cm³/mol. The molecular formula is C14H8BrClF3N3O4. The molecule has 2 rings (SSSR count). The largest absolute Gasteiger partial charge is 0.418 e. The summed E-state index contributed by atoms with van der Waals surface area (Å²) in [6.07, 6.45) is -5.10. The monoisotopic (exact) mass is 453 g/mol. The first-order valence-electron chi connectivity index (χ1n) is 6.69. The first-order chi connectivity index (χ1) is 11.9. The number of nitro groups is 2. The lowest BCUT2D eigenvalue weighted by Gasteiger charge is -2.14. The van der Waals surface area contributed by atoms with E-state index in [9.17, 15) is 33.4 Å². The van der Waals surface area contributed by atoms with E-state index in [0.717, 1.165) is 5.56 Å². The summed E-state index contributed by atoms with van der Waals surface area (Å²) in [6.45, 7) is 1.76. The van der Waals surface area contributed by atoms with Crippen LogP contribution in [-0.2, 0) is 6.18 Å². The molecule has 0 aliphatic heterocycles. The van der Waals surface area contributed by atoms with Crippen molar-refractivity contribution in [2.45, 2.75) is 13.1 Å². The number of hydrogen-bond acceptors (Lipinski definition) is 5. The molecule has 0 saturated heterocycles. The molecular weight excluding hydrogens is 447 g/mol. The standard InChI is InChI=1S/C14H8BrClF3N3O4/c1-6-2-3-9(8(15)4-6)20-12-10(21(23)24)5-7(14(17,18)19)11(16)13(12)22(25)26/h2-5,20H,1H3. The number of anilines is 2. The lowest BCUT2D eigenvalue weighted by molar-refractivity contribution is -0.392. The number of benzene rings is 2. The van der Waals surface area contributed by atoms with Gasteiger partial charge in [-0.15, -0.1) is 0 Å². The minimum atomic E-state index is -5.10. The van der Waals surface area contributed by atoms with Gasteiger partial charge in [-0.3, -0.25) is 20.2 Å². The maximum absolute atomic E-state index is 13.0. The molecule has 2 aromatic rings. The number of aryl methyl sites for hydroxylation is 1. The fraction of sp³-hybridized carbons (Fsp3) is 0.143. The van der Waals surface area contributed by atoms with Crippen LogP contribution in [-0.4, -0.2) is 9.85 Å². The molecule has 7 nitrogen and oxygen atoms in total. The Morgan fingerprint density at radius 2 is 1.77 bits per heavy atom. The van der Waals surface area contributed by atoms with E-state index in [-0.39, 0.29) is 11.8 Å². The molecule has 0 unspecified atom stereocenters. The number of halogens is 5. The van der Waals surface area contributed by atoms with E-state index in [1.807, 2.05) is 0 Å². The SMILES string of the molecule is Cc1ccc(Nc2c([N+](=O)[O-])cc(C(F)(F)F)c(Cl)c2[N+](=O)[O-])c(Br)c1. The number of alkyl halides is 3. The van der Waals surface area contributed by atoms with Gasteiger partial charge in [0, 0.05) is 10.5 Å². The van der Waals surface area contributed by atoms with Crippen LogP contribution >= 0.6 is 27.5 Å². The third-order valence-electron chi connectivity index (χ3n) is 3.29. The Bertz CT molecular complexity index is 921. The van der Waals surface area contributed by atoms with Crippen molar-refractivity contribution in [2.75, 3.05) is 5.32 Å². The molecule has 0 heterocycles. The first kappa shape index (κ1) is 19.9. The van der Waals surface area contributed by atoms with E-state index in [2.05, 4.69) is 21.2 Å². The Kier molecular flexibility index (Phi) is 5.42. The molecule has 0 atom stereocenters. The highest BCUT2D eigenvalue weighted by Crippen LogP contribution is 2.48. The molecule has 0 aliphatic rings. The molecule has 2 aromatic carbocycles. The highest BCUT2D eigenvalue weighted by Gasteiger charge is 2.42. The summed E-state index contributed by atoms with van der Waals surface area (Å²) in [6, 6.07) is 4.85. The Morgan fingerprint density at radius 3 is 2.23 bits per heavy atom. The molecule has 0 saturated carbocycles. The van der Waals surface area contributed by atoms with E-state index in [1.165, 1.54) is 6.07 Å². The summed E-state index contributed by atoms with van der Waals surface area (Å²) in [5, 5.41) is 23.7. The molecule has 0 amide bonds. The summed E-state index contributed by atoms with van der Waals surface area (Å²) >= 11 is 8.74. The van der Waals surface area contributed by atoms with Crippen molar-refractivity contribution in [1.82, 2.24) is 0 Å². The van der Waals surface area contributed by atoms with Gasteiger partial charge in [0.1, 0.15) is 5.02 Å². The van der Waals surface area contributed by atoms with E-state index in [1.54, 1.807) is 19.1 Å². The second kappa shape index (κ2) is 7.08. The summed E-state index contributed by atoms with van der Waals surface area (Å²) in [4.78, 5) is 20.2. The zero-order chi connectivity index (χ0) is 19.8. The average molecular weight is 455 g/mol. The van der Waals surface area contributed by atoms with Crippen molar-refractivity contribution < 1.29 is 23.0 Å². The Balaban J connectivity index is 2.80. The van der Waals surface area contributed by atoms with Crippen molar-refractivity contribution in [1.29, 1.82) is 0 Å². The van der Waals surface area contributed by atoms with Gasteiger partial charge in [-0.1, -0.05) is 17.7 Å². The van der Waals surface area contributed by atoms with Crippen LogP contribution in [0, 0.1) is 27.2 Å². The predicted octanol–water partition coefficient (Wildman–Crippen LogP) is 5.99. The molecule has 0 aromatic heterocycles. The van der Waals surface area contributed by atoms with Crippen molar-refractivity contribution in [3.63, 3.8) is 0 Å². The minimum absolute atomic E-state index is 0.166. The zero-order valence-corrected chi connectivity index (χ0v) is 15.1. The van der Waals surface area contributed by atoms with Gasteiger partial charge in [0.2, 0.25) is 0 Å². The number of nitro benzene ring substituents is 2. The third kappa shape index (κ3) is 3.88. The van der Waals surface area contributed by atoms with Crippen molar-refractivity contribution in [3.05, 3.63) is 65.1 Å². The van der Waals surface area contributed by atoms with Crippen molar-refractivity contribution in [2.24, 2.45) is 0 Å². The summed E-state index contributed by atoms with van der Waals surface area (Å²) in [5.74, 6) is 0. The molecule has 0 bridgehead atoms. The second-order valence-corrected chi connectivity index (χ2v) is 6.33. The number of rotatable bonds is 4. The van der Waals surface area contributed by atoms with Crippen LogP contribution in [0.1, 0.15) is 11.1 Å². The van der Waals surface area contributed by atoms with Gasteiger partial charge in [0.05, 0.1) is 21.1 Å². The van der Waals surface area contributed by atoms with Gasteiger partial charge >= 0.3 is 17.6 Å². The van der Waals surface area contributed by atoms with Crippen LogP contribution in [0.25, 0.3) is 0 Å². The van der Waals surface area contributed by atoms with Gasteiger partial charge < -0.3 is 5.32 Å². The van der Waals surface area contributed by atoms with Crippen molar-refractivity contribution in [3.8, 4) is 0 Å². The first-order valence-corrected chi connectivity index (χ1v) is 7.86. The zero-order valence-electron chi connectivity index (χ0n) is 12.7. The summed E-state index contributed by atoms with van der Waals surface area (Å²) in [7, 11) is 0. The van der Waals surface area contributed by atoms with Gasteiger partial charge in [0.25, 0.3) is 0 Å². The van der Waals surface area contributed by atoms with Crippen LogP contribution < -0.4 is 5.32 Å². The quantitative estimate of drug-likeness (QED) is 0.452. The molecule has 12 heteroatoms. The van der Waals surface area contributed by atoms with Crippen LogP contribution in [0.4, 0.5) is 35.9 Å². The van der Waals surface area contributed by atoms with E-state index in [4.69, 9.17) is 11.6 Å². The second-order valence-electron chi connectivity index (χ2n) is 5.10. The lowest BCUT2D eigenvalue weighted by Crippen LogP contribution is -2.11.